The van der Waals surface area contributed by atoms with Gasteiger partial charge in [0.1, 0.15) is 5.82 Å². The predicted molar refractivity (Wildman–Crippen MR) is 55.5 cm³/mol. The summed E-state index contributed by atoms with van der Waals surface area (Å²) in [5, 5.41) is 9.65. The van der Waals surface area contributed by atoms with Crippen molar-refractivity contribution >= 4 is 0 Å². The Kier molecular flexibility index (Phi) is 3.84. The van der Waals surface area contributed by atoms with Gasteiger partial charge in [-0.25, -0.2) is 4.39 Å². The first-order valence-electron chi connectivity index (χ1n) is 4.70. The van der Waals surface area contributed by atoms with Crippen LogP contribution in [0.3, 0.4) is 0 Å². The average Bonchev–Trinajstić information content (AvgIpc) is 2.18. The highest BCUT2D eigenvalue weighted by atomic mass is 19.1. The maximum atomic E-state index is 13.1. The number of aliphatic hydroxyl groups is 1. The normalized spacial score (nSPS) is 12.5. The lowest BCUT2D eigenvalue weighted by molar-refractivity contribution is 0.168. The first-order chi connectivity index (χ1) is 6.65. The molecule has 0 aliphatic heterocycles. The first kappa shape index (κ1) is 10.9. The molecule has 0 spiro atoms. The summed E-state index contributed by atoms with van der Waals surface area (Å²) in [5.74, 6) is -0.264. The van der Waals surface area contributed by atoms with E-state index >= 15 is 0 Å². The van der Waals surface area contributed by atoms with E-state index in [0.29, 0.717) is 17.5 Å². The van der Waals surface area contributed by atoms with Gasteiger partial charge in [-0.2, -0.15) is 0 Å². The van der Waals surface area contributed by atoms with Gasteiger partial charge in [0, 0.05) is 0 Å². The second-order valence-corrected chi connectivity index (χ2v) is 3.39. The molecule has 0 fully saturated rings. The molecule has 1 unspecified atom stereocenters. The van der Waals surface area contributed by atoms with E-state index in [4.69, 9.17) is 0 Å². The Morgan fingerprint density at radius 3 is 2.86 bits per heavy atom. The van der Waals surface area contributed by atoms with E-state index in [0.717, 1.165) is 6.42 Å². The van der Waals surface area contributed by atoms with E-state index in [-0.39, 0.29) is 5.82 Å². The van der Waals surface area contributed by atoms with Gasteiger partial charge in [-0.3, -0.25) is 0 Å². The highest BCUT2D eigenvalue weighted by molar-refractivity contribution is 5.24. The summed E-state index contributed by atoms with van der Waals surface area (Å²) in [6.45, 7) is 5.28. The monoisotopic (exact) mass is 194 g/mol. The molecule has 1 atom stereocenters. The van der Waals surface area contributed by atoms with Crippen LogP contribution in [0, 0.1) is 12.7 Å². The smallest absolute Gasteiger partial charge is 0.126 e. The summed E-state index contributed by atoms with van der Waals surface area (Å²) in [7, 11) is 0. The molecule has 1 aromatic rings. The van der Waals surface area contributed by atoms with Crippen molar-refractivity contribution in [3.8, 4) is 0 Å². The molecule has 1 nitrogen and oxygen atoms in total. The quantitative estimate of drug-likeness (QED) is 0.730. The van der Waals surface area contributed by atoms with E-state index in [9.17, 15) is 9.50 Å². The standard InChI is InChI=1S/C12H15FO/c1-3-4-5-12(14)10-7-6-9(2)11(13)8-10/h3,6-8,12,14H,1,4-5H2,2H3. The van der Waals surface area contributed by atoms with Gasteiger partial charge in [0.05, 0.1) is 6.10 Å². The van der Waals surface area contributed by atoms with Crippen molar-refractivity contribution in [2.24, 2.45) is 0 Å². The summed E-state index contributed by atoms with van der Waals surface area (Å²) in [4.78, 5) is 0. The maximum Gasteiger partial charge on any atom is 0.126 e. The van der Waals surface area contributed by atoms with E-state index in [1.54, 1.807) is 25.1 Å². The van der Waals surface area contributed by atoms with Crippen LogP contribution < -0.4 is 0 Å². The van der Waals surface area contributed by atoms with Crippen molar-refractivity contribution in [3.05, 3.63) is 47.8 Å². The fraction of sp³-hybridized carbons (Fsp3) is 0.333. The van der Waals surface area contributed by atoms with Crippen LogP contribution in [-0.4, -0.2) is 5.11 Å². The number of rotatable bonds is 4. The molecule has 0 amide bonds. The van der Waals surface area contributed by atoms with Crippen molar-refractivity contribution in [2.75, 3.05) is 0 Å². The fourth-order valence-corrected chi connectivity index (χ4v) is 1.26. The summed E-state index contributed by atoms with van der Waals surface area (Å²) >= 11 is 0. The SMILES string of the molecule is C=CCCC(O)c1ccc(C)c(F)c1. The van der Waals surface area contributed by atoms with Gasteiger partial charge < -0.3 is 5.11 Å². The molecule has 0 heterocycles. The van der Waals surface area contributed by atoms with Crippen LogP contribution in [-0.2, 0) is 0 Å². The molecule has 0 bridgehead atoms. The molecule has 1 aromatic carbocycles. The van der Waals surface area contributed by atoms with E-state index in [2.05, 4.69) is 6.58 Å². The molecular weight excluding hydrogens is 179 g/mol. The van der Waals surface area contributed by atoms with Crippen molar-refractivity contribution in [1.82, 2.24) is 0 Å². The van der Waals surface area contributed by atoms with Crippen molar-refractivity contribution in [1.29, 1.82) is 0 Å². The Hall–Kier alpha value is -1.15. The number of aliphatic hydroxyl groups excluding tert-OH is 1. The number of hydrogen-bond donors (Lipinski definition) is 1. The maximum absolute atomic E-state index is 13.1. The molecule has 0 aliphatic carbocycles. The van der Waals surface area contributed by atoms with Crippen LogP contribution in [0.2, 0.25) is 0 Å². The van der Waals surface area contributed by atoms with Gasteiger partial charge in [0.15, 0.2) is 0 Å². The van der Waals surface area contributed by atoms with Gasteiger partial charge in [0.2, 0.25) is 0 Å². The third kappa shape index (κ3) is 2.67. The minimum atomic E-state index is -0.594. The molecule has 76 valence electrons. The molecule has 1 rings (SSSR count). The van der Waals surface area contributed by atoms with Crippen molar-refractivity contribution in [3.63, 3.8) is 0 Å². The largest absolute Gasteiger partial charge is 0.388 e. The lowest BCUT2D eigenvalue weighted by atomic mass is 10.0. The Morgan fingerprint density at radius 2 is 2.29 bits per heavy atom. The number of aryl methyl sites for hydroxylation is 1. The summed E-state index contributed by atoms with van der Waals surface area (Å²) in [5.41, 5.74) is 1.24. The molecule has 0 saturated carbocycles. The topological polar surface area (TPSA) is 20.2 Å². The van der Waals surface area contributed by atoms with Crippen LogP contribution in [0.5, 0.6) is 0 Å². The van der Waals surface area contributed by atoms with E-state index in [1.165, 1.54) is 6.07 Å². The first-order valence-corrected chi connectivity index (χ1v) is 4.70. The third-order valence-corrected chi connectivity index (χ3v) is 2.22. The van der Waals surface area contributed by atoms with Crippen LogP contribution in [0.25, 0.3) is 0 Å². The molecule has 2 heteroatoms. The number of allylic oxidation sites excluding steroid dienone is 1. The van der Waals surface area contributed by atoms with Crippen LogP contribution >= 0.6 is 0 Å². The Morgan fingerprint density at radius 1 is 1.57 bits per heavy atom. The van der Waals surface area contributed by atoms with Gasteiger partial charge in [-0.15, -0.1) is 6.58 Å². The highest BCUT2D eigenvalue weighted by Crippen LogP contribution is 2.20. The molecule has 0 saturated heterocycles. The average molecular weight is 194 g/mol. The Labute approximate surface area is 83.9 Å². The predicted octanol–water partition coefficient (Wildman–Crippen LogP) is 3.13. The Bertz CT molecular complexity index is 320. The number of benzene rings is 1. The molecular formula is C12H15FO. The number of hydrogen-bond acceptors (Lipinski definition) is 1. The minimum absolute atomic E-state index is 0.264. The second kappa shape index (κ2) is 4.91. The van der Waals surface area contributed by atoms with E-state index < -0.39 is 6.10 Å². The lowest BCUT2D eigenvalue weighted by Gasteiger charge is -2.10. The molecule has 1 N–H and O–H groups in total. The van der Waals surface area contributed by atoms with Crippen molar-refractivity contribution < 1.29 is 9.50 Å². The molecule has 0 aliphatic rings. The van der Waals surface area contributed by atoms with Crippen LogP contribution in [0.4, 0.5) is 4.39 Å². The lowest BCUT2D eigenvalue weighted by Crippen LogP contribution is -1.98. The molecule has 14 heavy (non-hydrogen) atoms. The van der Waals surface area contributed by atoms with Gasteiger partial charge in [-0.1, -0.05) is 18.2 Å². The molecule has 0 aromatic heterocycles. The zero-order valence-electron chi connectivity index (χ0n) is 8.33. The Balaban J connectivity index is 2.75. The van der Waals surface area contributed by atoms with Gasteiger partial charge >= 0.3 is 0 Å². The summed E-state index contributed by atoms with van der Waals surface area (Å²) in [6, 6.07) is 4.83. The molecule has 0 radical (unpaired) electrons. The van der Waals surface area contributed by atoms with Crippen LogP contribution in [0.1, 0.15) is 30.1 Å². The van der Waals surface area contributed by atoms with E-state index in [1.807, 2.05) is 0 Å². The highest BCUT2D eigenvalue weighted by Gasteiger charge is 2.08. The number of halogens is 1. The zero-order valence-corrected chi connectivity index (χ0v) is 8.33. The second-order valence-electron chi connectivity index (χ2n) is 3.39. The minimum Gasteiger partial charge on any atom is -0.388 e. The zero-order chi connectivity index (χ0) is 10.6. The van der Waals surface area contributed by atoms with Crippen molar-refractivity contribution in [2.45, 2.75) is 25.9 Å². The third-order valence-electron chi connectivity index (χ3n) is 2.22. The van der Waals surface area contributed by atoms with Gasteiger partial charge in [-0.05, 0) is 37.0 Å². The summed E-state index contributed by atoms with van der Waals surface area (Å²) < 4.78 is 13.1. The summed E-state index contributed by atoms with van der Waals surface area (Å²) in [6.07, 6.45) is 2.47. The van der Waals surface area contributed by atoms with Crippen LogP contribution in [0.15, 0.2) is 30.9 Å². The van der Waals surface area contributed by atoms with Gasteiger partial charge in [0.25, 0.3) is 0 Å². The fourth-order valence-electron chi connectivity index (χ4n) is 1.26.